The molecular formula is C14H12O10. The number of carbonyl (C=O) groups is 6. The standard InChI is InChI=1S/C14H12O10/c1-5(15)21-11-9(19)13(23-7(3)17)14(24-8(4)18)10(20)12(11)22-6(2)16/h1-4H3. The van der Waals surface area contributed by atoms with Gasteiger partial charge in [-0.05, 0) is 0 Å². The van der Waals surface area contributed by atoms with Crippen molar-refractivity contribution in [3.63, 3.8) is 0 Å². The van der Waals surface area contributed by atoms with Crippen LogP contribution in [0, 0.1) is 0 Å². The van der Waals surface area contributed by atoms with Crippen molar-refractivity contribution in [2.45, 2.75) is 27.7 Å². The number of hydrogen-bond donors (Lipinski definition) is 0. The fraction of sp³-hybridized carbons (Fsp3) is 0.286. The van der Waals surface area contributed by atoms with E-state index in [0.29, 0.717) is 0 Å². The van der Waals surface area contributed by atoms with Crippen LogP contribution in [0.5, 0.6) is 0 Å². The third-order valence-corrected chi connectivity index (χ3v) is 2.22. The molecule has 0 atom stereocenters. The second-order valence-electron chi connectivity index (χ2n) is 4.35. The van der Waals surface area contributed by atoms with Crippen LogP contribution in [0.2, 0.25) is 0 Å². The van der Waals surface area contributed by atoms with Gasteiger partial charge in [0.1, 0.15) is 0 Å². The Kier molecular flexibility index (Phi) is 5.71. The van der Waals surface area contributed by atoms with Crippen molar-refractivity contribution in [1.29, 1.82) is 0 Å². The maximum Gasteiger partial charge on any atom is 0.308 e. The van der Waals surface area contributed by atoms with E-state index in [9.17, 15) is 28.8 Å². The molecule has 0 aromatic carbocycles. The number of esters is 4. The topological polar surface area (TPSA) is 139 Å². The van der Waals surface area contributed by atoms with E-state index in [1.54, 1.807) is 0 Å². The van der Waals surface area contributed by atoms with Crippen LogP contribution >= 0.6 is 0 Å². The summed E-state index contributed by atoms with van der Waals surface area (Å²) in [6.45, 7) is 3.69. The zero-order valence-electron chi connectivity index (χ0n) is 13.1. The largest absolute Gasteiger partial charge is 0.418 e. The highest BCUT2D eigenvalue weighted by atomic mass is 16.6. The first-order valence-electron chi connectivity index (χ1n) is 6.36. The summed E-state index contributed by atoms with van der Waals surface area (Å²) in [5, 5.41) is 0. The monoisotopic (exact) mass is 340 g/mol. The summed E-state index contributed by atoms with van der Waals surface area (Å²) in [6.07, 6.45) is 0. The smallest absolute Gasteiger partial charge is 0.308 e. The Balaban J connectivity index is 3.55. The second kappa shape index (κ2) is 7.31. The Hall–Kier alpha value is -3.30. The highest BCUT2D eigenvalue weighted by Crippen LogP contribution is 2.28. The fourth-order valence-electron chi connectivity index (χ4n) is 1.56. The van der Waals surface area contributed by atoms with Crippen LogP contribution in [0.15, 0.2) is 23.0 Å². The maximum absolute atomic E-state index is 12.3. The number of ketones is 2. The van der Waals surface area contributed by atoms with Crippen LogP contribution in [-0.2, 0) is 47.7 Å². The van der Waals surface area contributed by atoms with Gasteiger partial charge in [-0.1, -0.05) is 0 Å². The number of carbonyl (C=O) groups excluding carboxylic acids is 6. The highest BCUT2D eigenvalue weighted by molar-refractivity contribution is 6.23. The molecule has 0 bridgehead atoms. The minimum Gasteiger partial charge on any atom is -0.418 e. The zero-order valence-corrected chi connectivity index (χ0v) is 13.1. The normalized spacial score (nSPS) is 14.3. The quantitative estimate of drug-likeness (QED) is 0.384. The molecule has 0 unspecified atom stereocenters. The Morgan fingerprint density at radius 3 is 0.792 bits per heavy atom. The lowest BCUT2D eigenvalue weighted by Crippen LogP contribution is -2.31. The van der Waals surface area contributed by atoms with E-state index in [-0.39, 0.29) is 0 Å². The second-order valence-corrected chi connectivity index (χ2v) is 4.35. The molecule has 1 aliphatic carbocycles. The molecule has 0 aliphatic heterocycles. The Bertz CT molecular complexity index is 604. The molecule has 0 fully saturated rings. The molecule has 0 aromatic heterocycles. The molecule has 0 heterocycles. The Morgan fingerprint density at radius 1 is 0.500 bits per heavy atom. The van der Waals surface area contributed by atoms with Gasteiger partial charge in [-0.25, -0.2) is 0 Å². The summed E-state index contributed by atoms with van der Waals surface area (Å²) in [5.41, 5.74) is 0. The van der Waals surface area contributed by atoms with Crippen LogP contribution in [0.25, 0.3) is 0 Å². The van der Waals surface area contributed by atoms with Gasteiger partial charge < -0.3 is 18.9 Å². The van der Waals surface area contributed by atoms with Crippen molar-refractivity contribution in [3.8, 4) is 0 Å². The molecule has 0 saturated heterocycles. The van der Waals surface area contributed by atoms with Crippen molar-refractivity contribution >= 4 is 35.4 Å². The van der Waals surface area contributed by atoms with E-state index in [0.717, 1.165) is 27.7 Å². The molecule has 0 aromatic rings. The van der Waals surface area contributed by atoms with Gasteiger partial charge in [0.05, 0.1) is 0 Å². The molecular weight excluding hydrogens is 328 g/mol. The summed E-state index contributed by atoms with van der Waals surface area (Å²) in [7, 11) is 0. The SMILES string of the molecule is CC(=O)OC1=C(OC(C)=O)C(=O)C(OC(C)=O)=C(OC(C)=O)C1=O. The summed E-state index contributed by atoms with van der Waals surface area (Å²) in [6, 6.07) is 0. The predicted molar refractivity (Wildman–Crippen MR) is 71.1 cm³/mol. The zero-order chi connectivity index (χ0) is 18.6. The van der Waals surface area contributed by atoms with E-state index in [1.807, 2.05) is 0 Å². The molecule has 10 heteroatoms. The van der Waals surface area contributed by atoms with E-state index in [4.69, 9.17) is 0 Å². The molecule has 0 spiro atoms. The van der Waals surface area contributed by atoms with Gasteiger partial charge in [0.2, 0.25) is 23.0 Å². The van der Waals surface area contributed by atoms with Gasteiger partial charge in [-0.2, -0.15) is 0 Å². The summed E-state index contributed by atoms with van der Waals surface area (Å²) < 4.78 is 18.3. The molecule has 0 saturated carbocycles. The van der Waals surface area contributed by atoms with Crippen LogP contribution in [0.3, 0.4) is 0 Å². The molecule has 1 aliphatic rings. The van der Waals surface area contributed by atoms with Gasteiger partial charge in [0.15, 0.2) is 0 Å². The lowest BCUT2D eigenvalue weighted by molar-refractivity contribution is -0.150. The summed E-state index contributed by atoms with van der Waals surface area (Å²) >= 11 is 0. The number of hydrogen-bond acceptors (Lipinski definition) is 10. The first-order valence-corrected chi connectivity index (χ1v) is 6.36. The van der Waals surface area contributed by atoms with Crippen molar-refractivity contribution in [2.24, 2.45) is 0 Å². The van der Waals surface area contributed by atoms with Gasteiger partial charge in [-0.3, -0.25) is 28.8 Å². The molecule has 0 N–H and O–H groups in total. The predicted octanol–water partition coefficient (Wildman–Crippen LogP) is -0.186. The molecule has 10 nitrogen and oxygen atoms in total. The highest BCUT2D eigenvalue weighted by Gasteiger charge is 2.43. The minimum absolute atomic E-state index is 0.924. The molecule has 1 rings (SSSR count). The van der Waals surface area contributed by atoms with Crippen LogP contribution in [0.4, 0.5) is 0 Å². The average Bonchev–Trinajstić information content (AvgIpc) is 2.42. The van der Waals surface area contributed by atoms with E-state index in [2.05, 4.69) is 18.9 Å². The van der Waals surface area contributed by atoms with Gasteiger partial charge in [0.25, 0.3) is 11.6 Å². The maximum atomic E-state index is 12.3. The molecule has 0 radical (unpaired) electrons. The van der Waals surface area contributed by atoms with E-state index < -0.39 is 58.5 Å². The first kappa shape index (κ1) is 18.7. The Labute approximate surface area is 135 Å². The number of Topliss-reactive ketones (excluding diaryl/α,β-unsaturated/α-hetero) is 2. The van der Waals surface area contributed by atoms with Crippen LogP contribution in [0.1, 0.15) is 27.7 Å². The number of ether oxygens (including phenoxy) is 4. The first-order chi connectivity index (χ1) is 11.0. The molecule has 128 valence electrons. The lowest BCUT2D eigenvalue weighted by atomic mass is 10.0. The van der Waals surface area contributed by atoms with Gasteiger partial charge >= 0.3 is 23.9 Å². The van der Waals surface area contributed by atoms with Crippen LogP contribution in [-0.4, -0.2) is 35.4 Å². The van der Waals surface area contributed by atoms with Crippen molar-refractivity contribution in [3.05, 3.63) is 23.0 Å². The molecule has 24 heavy (non-hydrogen) atoms. The third kappa shape index (κ3) is 4.35. The van der Waals surface area contributed by atoms with Crippen molar-refractivity contribution < 1.29 is 47.7 Å². The lowest BCUT2D eigenvalue weighted by Gasteiger charge is -2.20. The summed E-state index contributed by atoms with van der Waals surface area (Å²) in [5.74, 6) is -10.4. The minimum atomic E-state index is -1.28. The van der Waals surface area contributed by atoms with Crippen molar-refractivity contribution in [2.75, 3.05) is 0 Å². The third-order valence-electron chi connectivity index (χ3n) is 2.22. The van der Waals surface area contributed by atoms with E-state index in [1.165, 1.54) is 0 Å². The summed E-state index contributed by atoms with van der Waals surface area (Å²) in [4.78, 5) is 69.1. The average molecular weight is 340 g/mol. The fourth-order valence-corrected chi connectivity index (χ4v) is 1.56. The van der Waals surface area contributed by atoms with Gasteiger partial charge in [0, 0.05) is 27.7 Å². The Morgan fingerprint density at radius 2 is 0.667 bits per heavy atom. The van der Waals surface area contributed by atoms with Gasteiger partial charge in [-0.15, -0.1) is 0 Å². The van der Waals surface area contributed by atoms with Crippen LogP contribution < -0.4 is 0 Å². The number of rotatable bonds is 4. The van der Waals surface area contributed by atoms with E-state index >= 15 is 0 Å². The van der Waals surface area contributed by atoms with Crippen molar-refractivity contribution in [1.82, 2.24) is 0 Å². The molecule has 0 amide bonds.